The van der Waals surface area contributed by atoms with Gasteiger partial charge in [0.1, 0.15) is 0 Å². The van der Waals surface area contributed by atoms with Gasteiger partial charge < -0.3 is 10.8 Å². The number of hydrogen-bond donors (Lipinski definition) is 3. The predicted octanol–water partition coefficient (Wildman–Crippen LogP) is -0.207. The second kappa shape index (κ2) is 4.10. The van der Waals surface area contributed by atoms with E-state index >= 15 is 0 Å². The third-order valence-corrected chi connectivity index (χ3v) is 2.51. The number of hydrogen-bond acceptors (Lipinski definition) is 4. The van der Waals surface area contributed by atoms with Crippen LogP contribution in [0.1, 0.15) is 12.5 Å². The van der Waals surface area contributed by atoms with E-state index in [0.29, 0.717) is 6.42 Å². The van der Waals surface area contributed by atoms with Crippen LogP contribution in [0.15, 0.2) is 30.3 Å². The standard InChI is InChI=1S/C11H16N2O2/c1-10(12,11(13,15)8-14)7-9-5-3-2-4-6-9/h2-6,8,15H,7,12-13H2,1H3/t10?,11-/m0/s1. The van der Waals surface area contributed by atoms with Gasteiger partial charge in [0.25, 0.3) is 0 Å². The average Bonchev–Trinajstić information content (AvgIpc) is 2.18. The zero-order valence-corrected chi connectivity index (χ0v) is 8.68. The van der Waals surface area contributed by atoms with E-state index in [2.05, 4.69) is 0 Å². The van der Waals surface area contributed by atoms with Crippen LogP contribution in [-0.2, 0) is 11.2 Å². The van der Waals surface area contributed by atoms with Crippen molar-refractivity contribution >= 4 is 6.29 Å². The largest absolute Gasteiger partial charge is 0.368 e. The van der Waals surface area contributed by atoms with Crippen molar-refractivity contribution in [2.45, 2.75) is 24.6 Å². The van der Waals surface area contributed by atoms with E-state index in [1.54, 1.807) is 6.92 Å². The van der Waals surface area contributed by atoms with Gasteiger partial charge in [-0.05, 0) is 18.9 Å². The molecule has 0 aromatic heterocycles. The van der Waals surface area contributed by atoms with Gasteiger partial charge in [0.2, 0.25) is 0 Å². The minimum absolute atomic E-state index is 0.274. The summed E-state index contributed by atoms with van der Waals surface area (Å²) in [6, 6.07) is 9.34. The number of carbonyl (C=O) groups is 1. The summed E-state index contributed by atoms with van der Waals surface area (Å²) >= 11 is 0. The molecule has 0 amide bonds. The molecule has 2 atom stereocenters. The van der Waals surface area contributed by atoms with Gasteiger partial charge in [0, 0.05) is 0 Å². The Balaban J connectivity index is 2.86. The van der Waals surface area contributed by atoms with Crippen molar-refractivity contribution in [1.29, 1.82) is 0 Å². The molecular weight excluding hydrogens is 192 g/mol. The van der Waals surface area contributed by atoms with Crippen LogP contribution in [0.2, 0.25) is 0 Å². The van der Waals surface area contributed by atoms with E-state index in [9.17, 15) is 9.90 Å². The summed E-state index contributed by atoms with van der Waals surface area (Å²) in [5, 5.41) is 9.60. The number of rotatable bonds is 4. The van der Waals surface area contributed by atoms with Crippen molar-refractivity contribution in [2.75, 3.05) is 0 Å². The Bertz CT molecular complexity index is 334. The van der Waals surface area contributed by atoms with Gasteiger partial charge in [0.15, 0.2) is 12.0 Å². The van der Waals surface area contributed by atoms with E-state index in [0.717, 1.165) is 5.56 Å². The Morgan fingerprint density at radius 2 is 1.87 bits per heavy atom. The molecule has 5 N–H and O–H groups in total. The van der Waals surface area contributed by atoms with Crippen LogP contribution >= 0.6 is 0 Å². The molecule has 0 aliphatic carbocycles. The second-order valence-electron chi connectivity index (χ2n) is 4.02. The van der Waals surface area contributed by atoms with E-state index in [1.807, 2.05) is 30.3 Å². The molecule has 0 heterocycles. The van der Waals surface area contributed by atoms with Gasteiger partial charge >= 0.3 is 0 Å². The van der Waals surface area contributed by atoms with Crippen LogP contribution in [-0.4, -0.2) is 22.7 Å². The summed E-state index contributed by atoms with van der Waals surface area (Å²) in [7, 11) is 0. The Hall–Kier alpha value is -1.23. The molecule has 0 radical (unpaired) electrons. The lowest BCUT2D eigenvalue weighted by Gasteiger charge is -2.35. The van der Waals surface area contributed by atoms with Gasteiger partial charge in [-0.25, -0.2) is 0 Å². The normalized spacial score (nSPS) is 18.9. The average molecular weight is 208 g/mol. The summed E-state index contributed by atoms with van der Waals surface area (Å²) in [5.41, 5.74) is 8.96. The first-order valence-electron chi connectivity index (χ1n) is 4.69. The molecule has 15 heavy (non-hydrogen) atoms. The minimum Gasteiger partial charge on any atom is -0.368 e. The van der Waals surface area contributed by atoms with Gasteiger partial charge in [-0.1, -0.05) is 30.3 Å². The molecule has 4 heteroatoms. The SMILES string of the molecule is CC(N)(Cc1ccccc1)[C@@](N)(O)C=O. The van der Waals surface area contributed by atoms with Gasteiger partial charge in [-0.15, -0.1) is 0 Å². The quantitative estimate of drug-likeness (QED) is 0.472. The first-order valence-corrected chi connectivity index (χ1v) is 4.69. The maximum atomic E-state index is 10.6. The molecule has 0 bridgehead atoms. The highest BCUT2D eigenvalue weighted by atomic mass is 16.3. The highest BCUT2D eigenvalue weighted by Crippen LogP contribution is 2.18. The van der Waals surface area contributed by atoms with Crippen molar-refractivity contribution in [3.05, 3.63) is 35.9 Å². The van der Waals surface area contributed by atoms with E-state index in [-0.39, 0.29) is 6.29 Å². The number of aldehydes is 1. The lowest BCUT2D eigenvalue weighted by Crippen LogP contribution is -2.66. The number of benzene rings is 1. The van der Waals surface area contributed by atoms with E-state index < -0.39 is 11.3 Å². The molecular formula is C11H16N2O2. The maximum absolute atomic E-state index is 10.6. The predicted molar refractivity (Wildman–Crippen MR) is 57.9 cm³/mol. The summed E-state index contributed by atoms with van der Waals surface area (Å²) < 4.78 is 0. The smallest absolute Gasteiger partial charge is 0.188 e. The maximum Gasteiger partial charge on any atom is 0.188 e. The van der Waals surface area contributed by atoms with Crippen LogP contribution in [0.3, 0.4) is 0 Å². The molecule has 0 fully saturated rings. The van der Waals surface area contributed by atoms with Crippen LogP contribution in [0, 0.1) is 0 Å². The van der Waals surface area contributed by atoms with Crippen LogP contribution in [0.5, 0.6) is 0 Å². The van der Waals surface area contributed by atoms with Crippen LogP contribution in [0.4, 0.5) is 0 Å². The van der Waals surface area contributed by atoms with Gasteiger partial charge in [-0.2, -0.15) is 0 Å². The van der Waals surface area contributed by atoms with Crippen molar-refractivity contribution in [3.8, 4) is 0 Å². The molecule has 4 nitrogen and oxygen atoms in total. The van der Waals surface area contributed by atoms with Crippen molar-refractivity contribution in [3.63, 3.8) is 0 Å². The van der Waals surface area contributed by atoms with Crippen molar-refractivity contribution in [2.24, 2.45) is 11.5 Å². The Morgan fingerprint density at radius 3 is 2.33 bits per heavy atom. The Labute approximate surface area is 88.9 Å². The molecule has 0 saturated carbocycles. The fourth-order valence-electron chi connectivity index (χ4n) is 1.30. The second-order valence-corrected chi connectivity index (χ2v) is 4.02. The van der Waals surface area contributed by atoms with E-state index in [4.69, 9.17) is 11.5 Å². The van der Waals surface area contributed by atoms with Crippen LogP contribution in [0.25, 0.3) is 0 Å². The molecule has 0 saturated heterocycles. The lowest BCUT2D eigenvalue weighted by molar-refractivity contribution is -0.130. The molecule has 1 rings (SSSR count). The highest BCUT2D eigenvalue weighted by molar-refractivity contribution is 5.64. The molecule has 0 spiro atoms. The molecule has 0 aliphatic heterocycles. The van der Waals surface area contributed by atoms with E-state index in [1.165, 1.54) is 0 Å². The highest BCUT2D eigenvalue weighted by Gasteiger charge is 2.40. The zero-order chi connectivity index (χ0) is 11.5. The molecule has 1 aromatic rings. The third-order valence-electron chi connectivity index (χ3n) is 2.51. The van der Waals surface area contributed by atoms with Gasteiger partial charge in [0.05, 0.1) is 5.54 Å². The Morgan fingerprint density at radius 1 is 1.33 bits per heavy atom. The summed E-state index contributed by atoms with van der Waals surface area (Å²) in [4.78, 5) is 10.6. The number of carbonyl (C=O) groups excluding carboxylic acids is 1. The molecule has 0 aliphatic rings. The number of aliphatic hydroxyl groups is 1. The summed E-state index contributed by atoms with van der Waals surface area (Å²) in [5.74, 6) is 0. The molecule has 1 aromatic carbocycles. The molecule has 82 valence electrons. The van der Waals surface area contributed by atoms with Crippen molar-refractivity contribution < 1.29 is 9.90 Å². The number of nitrogens with two attached hydrogens (primary N) is 2. The fraction of sp³-hybridized carbons (Fsp3) is 0.364. The molecule has 1 unspecified atom stereocenters. The fourth-order valence-corrected chi connectivity index (χ4v) is 1.30. The minimum atomic E-state index is -2.01. The lowest BCUT2D eigenvalue weighted by atomic mass is 9.84. The first-order chi connectivity index (χ1) is 6.89. The van der Waals surface area contributed by atoms with Crippen molar-refractivity contribution in [1.82, 2.24) is 0 Å². The topological polar surface area (TPSA) is 89.3 Å². The first kappa shape index (κ1) is 11.8. The van der Waals surface area contributed by atoms with Gasteiger partial charge in [-0.3, -0.25) is 10.5 Å². The summed E-state index contributed by atoms with van der Waals surface area (Å²) in [6.07, 6.45) is 0.607. The zero-order valence-electron chi connectivity index (χ0n) is 8.68. The summed E-state index contributed by atoms with van der Waals surface area (Å²) in [6.45, 7) is 1.55. The monoisotopic (exact) mass is 208 g/mol. The third kappa shape index (κ3) is 2.62. The Kier molecular flexibility index (Phi) is 3.24. The van der Waals surface area contributed by atoms with Crippen LogP contribution < -0.4 is 11.5 Å².